The lowest BCUT2D eigenvalue weighted by Crippen LogP contribution is -2.31. The molecule has 0 aliphatic heterocycles. The molecule has 0 atom stereocenters. The maximum absolute atomic E-state index is 9.46. The van der Waals surface area contributed by atoms with Gasteiger partial charge in [-0.2, -0.15) is 5.26 Å². The molecule has 0 unspecified atom stereocenters. The zero-order valence-electron chi connectivity index (χ0n) is 12.5. The molecular weight excluding hydrogens is 258 g/mol. The van der Waals surface area contributed by atoms with Crippen LogP contribution in [0.5, 0.6) is 0 Å². The quantitative estimate of drug-likeness (QED) is 0.771. The molecule has 1 aliphatic carbocycles. The van der Waals surface area contributed by atoms with E-state index in [1.54, 1.807) is 6.20 Å². The summed E-state index contributed by atoms with van der Waals surface area (Å²) in [7, 11) is 2.14. The number of pyridine rings is 1. The van der Waals surface area contributed by atoms with Crippen LogP contribution in [0.25, 0.3) is 10.9 Å². The first-order valence-corrected chi connectivity index (χ1v) is 7.82. The number of fused-ring (bicyclic) bond motifs is 1. The van der Waals surface area contributed by atoms with E-state index in [1.165, 1.54) is 38.5 Å². The van der Waals surface area contributed by atoms with E-state index in [0.717, 1.165) is 16.6 Å². The molecule has 0 spiro atoms. The third kappa shape index (κ3) is 2.71. The molecule has 0 amide bonds. The van der Waals surface area contributed by atoms with Gasteiger partial charge in [-0.3, -0.25) is 4.98 Å². The van der Waals surface area contributed by atoms with Crippen LogP contribution < -0.4 is 4.90 Å². The molecule has 1 fully saturated rings. The summed E-state index contributed by atoms with van der Waals surface area (Å²) >= 11 is 0. The summed E-state index contributed by atoms with van der Waals surface area (Å²) in [6.45, 7) is 0. The molecule has 1 heterocycles. The predicted molar refractivity (Wildman–Crippen MR) is 86.4 cm³/mol. The van der Waals surface area contributed by atoms with Gasteiger partial charge in [0.25, 0.3) is 0 Å². The highest BCUT2D eigenvalue weighted by Gasteiger charge is 2.21. The lowest BCUT2D eigenvalue weighted by molar-refractivity contribution is 0.553. The highest BCUT2D eigenvalue weighted by Crippen LogP contribution is 2.32. The van der Waals surface area contributed by atoms with Gasteiger partial charge in [0.1, 0.15) is 6.07 Å². The van der Waals surface area contributed by atoms with E-state index in [2.05, 4.69) is 29.1 Å². The van der Waals surface area contributed by atoms with E-state index < -0.39 is 0 Å². The zero-order chi connectivity index (χ0) is 14.7. The highest BCUT2D eigenvalue weighted by atomic mass is 15.1. The monoisotopic (exact) mass is 279 g/mol. The summed E-state index contributed by atoms with van der Waals surface area (Å²) in [5, 5.41) is 10.6. The smallest absolute Gasteiger partial charge is 0.103 e. The van der Waals surface area contributed by atoms with Crippen LogP contribution in [-0.2, 0) is 0 Å². The molecule has 0 radical (unpaired) electrons. The molecule has 1 aromatic carbocycles. The maximum Gasteiger partial charge on any atom is 0.103 e. The van der Waals surface area contributed by atoms with Gasteiger partial charge in [-0.05, 0) is 18.9 Å². The predicted octanol–water partition coefficient (Wildman–Crippen LogP) is 4.27. The molecule has 0 N–H and O–H groups in total. The fraction of sp³-hybridized carbons (Fsp3) is 0.444. The minimum Gasteiger partial charge on any atom is -0.370 e. The van der Waals surface area contributed by atoms with E-state index in [9.17, 15) is 5.26 Å². The highest BCUT2D eigenvalue weighted by molar-refractivity contribution is 5.94. The summed E-state index contributed by atoms with van der Waals surface area (Å²) in [6, 6.07) is 11.0. The van der Waals surface area contributed by atoms with E-state index >= 15 is 0 Å². The Bertz CT molecular complexity index is 664. The lowest BCUT2D eigenvalue weighted by Gasteiger charge is -2.30. The Hall–Kier alpha value is -2.08. The van der Waals surface area contributed by atoms with Crippen molar-refractivity contribution >= 4 is 16.6 Å². The minimum atomic E-state index is 0.533. The molecule has 21 heavy (non-hydrogen) atoms. The van der Waals surface area contributed by atoms with Crippen molar-refractivity contribution in [1.29, 1.82) is 5.26 Å². The second kappa shape index (κ2) is 6.13. The summed E-state index contributed by atoms with van der Waals surface area (Å²) in [5.74, 6) is 0. The van der Waals surface area contributed by atoms with Crippen LogP contribution >= 0.6 is 0 Å². The fourth-order valence-corrected chi connectivity index (χ4v) is 3.42. The first kappa shape index (κ1) is 13.9. The summed E-state index contributed by atoms with van der Waals surface area (Å²) in [5.41, 5.74) is 2.70. The first-order chi connectivity index (χ1) is 10.3. The number of aromatic nitrogens is 1. The summed E-state index contributed by atoms with van der Waals surface area (Å²) in [6.07, 6.45) is 9.42. The second-order valence-corrected chi connectivity index (χ2v) is 5.91. The molecule has 2 aromatic rings. The molecule has 0 saturated heterocycles. The number of anilines is 1. The van der Waals surface area contributed by atoms with Gasteiger partial charge in [0, 0.05) is 24.7 Å². The van der Waals surface area contributed by atoms with Crippen LogP contribution in [0.2, 0.25) is 0 Å². The normalized spacial score (nSPS) is 16.4. The Morgan fingerprint density at radius 3 is 2.57 bits per heavy atom. The van der Waals surface area contributed by atoms with Crippen LogP contribution in [-0.4, -0.2) is 18.1 Å². The van der Waals surface area contributed by atoms with Gasteiger partial charge in [-0.1, -0.05) is 43.9 Å². The zero-order valence-corrected chi connectivity index (χ0v) is 12.5. The van der Waals surface area contributed by atoms with Crippen molar-refractivity contribution in [3.8, 4) is 6.07 Å². The van der Waals surface area contributed by atoms with Crippen LogP contribution in [0, 0.1) is 11.3 Å². The van der Waals surface area contributed by atoms with Gasteiger partial charge in [-0.25, -0.2) is 0 Å². The van der Waals surface area contributed by atoms with Crippen LogP contribution in [0.1, 0.15) is 44.1 Å². The first-order valence-electron chi connectivity index (χ1n) is 7.82. The van der Waals surface area contributed by atoms with Crippen molar-refractivity contribution in [3.05, 3.63) is 36.0 Å². The lowest BCUT2D eigenvalue weighted by atomic mass is 10.0. The molecule has 3 heteroatoms. The molecule has 0 bridgehead atoms. The van der Waals surface area contributed by atoms with Crippen LogP contribution in [0.3, 0.4) is 0 Å². The topological polar surface area (TPSA) is 39.9 Å². The average molecular weight is 279 g/mol. The number of nitriles is 1. The molecule has 3 nitrogen and oxygen atoms in total. The third-order valence-electron chi connectivity index (χ3n) is 4.59. The number of hydrogen-bond acceptors (Lipinski definition) is 3. The van der Waals surface area contributed by atoms with E-state index in [0.29, 0.717) is 11.6 Å². The van der Waals surface area contributed by atoms with Crippen molar-refractivity contribution in [2.45, 2.75) is 44.6 Å². The Labute approximate surface area is 126 Å². The van der Waals surface area contributed by atoms with E-state index in [-0.39, 0.29) is 0 Å². The maximum atomic E-state index is 9.46. The largest absolute Gasteiger partial charge is 0.370 e. The Morgan fingerprint density at radius 2 is 1.86 bits per heavy atom. The SMILES string of the molecule is CN(c1c(C#N)cnc2ccccc12)C1CCCCCC1. The van der Waals surface area contributed by atoms with Crippen LogP contribution in [0.4, 0.5) is 5.69 Å². The number of nitrogens with zero attached hydrogens (tertiary/aromatic N) is 3. The van der Waals surface area contributed by atoms with Gasteiger partial charge in [0.05, 0.1) is 16.8 Å². The molecule has 1 aliphatic rings. The summed E-state index contributed by atoms with van der Waals surface area (Å²) < 4.78 is 0. The number of para-hydroxylation sites is 1. The number of hydrogen-bond donors (Lipinski definition) is 0. The Morgan fingerprint density at radius 1 is 1.14 bits per heavy atom. The average Bonchev–Trinajstić information content (AvgIpc) is 2.82. The third-order valence-corrected chi connectivity index (χ3v) is 4.59. The molecule has 1 saturated carbocycles. The van der Waals surface area contributed by atoms with E-state index in [1.807, 2.05) is 18.2 Å². The molecular formula is C18H21N3. The van der Waals surface area contributed by atoms with Gasteiger partial charge in [-0.15, -0.1) is 0 Å². The van der Waals surface area contributed by atoms with Crippen molar-refractivity contribution in [1.82, 2.24) is 4.98 Å². The molecule has 1 aromatic heterocycles. The molecule has 108 valence electrons. The van der Waals surface area contributed by atoms with Gasteiger partial charge in [0.15, 0.2) is 0 Å². The minimum absolute atomic E-state index is 0.533. The molecule has 3 rings (SSSR count). The second-order valence-electron chi connectivity index (χ2n) is 5.91. The Balaban J connectivity index is 2.07. The number of rotatable bonds is 2. The number of benzene rings is 1. The van der Waals surface area contributed by atoms with Crippen molar-refractivity contribution < 1.29 is 0 Å². The van der Waals surface area contributed by atoms with Crippen molar-refractivity contribution in [2.24, 2.45) is 0 Å². The van der Waals surface area contributed by atoms with Crippen molar-refractivity contribution in [2.75, 3.05) is 11.9 Å². The fourth-order valence-electron chi connectivity index (χ4n) is 3.42. The van der Waals surface area contributed by atoms with Gasteiger partial charge >= 0.3 is 0 Å². The van der Waals surface area contributed by atoms with Crippen molar-refractivity contribution in [3.63, 3.8) is 0 Å². The summed E-state index contributed by atoms with van der Waals surface area (Å²) in [4.78, 5) is 6.74. The Kier molecular flexibility index (Phi) is 4.06. The van der Waals surface area contributed by atoms with Gasteiger partial charge < -0.3 is 4.90 Å². The van der Waals surface area contributed by atoms with E-state index in [4.69, 9.17) is 0 Å². The van der Waals surface area contributed by atoms with Gasteiger partial charge in [0.2, 0.25) is 0 Å². The van der Waals surface area contributed by atoms with Crippen LogP contribution in [0.15, 0.2) is 30.5 Å². The standard InChI is InChI=1S/C18H21N3/c1-21(15-8-4-2-3-5-9-15)18-14(12-19)13-20-17-11-7-6-10-16(17)18/h6-7,10-11,13,15H,2-5,8-9H2,1H3.